The van der Waals surface area contributed by atoms with Gasteiger partial charge in [-0.1, -0.05) is 0 Å². The summed E-state index contributed by atoms with van der Waals surface area (Å²) in [5.74, 6) is -0.222. The van der Waals surface area contributed by atoms with Crippen LogP contribution in [-0.4, -0.2) is 13.0 Å². The molecular formula is C14H12BrFN2O2. The number of anilines is 2. The van der Waals surface area contributed by atoms with E-state index in [1.807, 2.05) is 0 Å². The van der Waals surface area contributed by atoms with E-state index < -0.39 is 5.82 Å². The van der Waals surface area contributed by atoms with E-state index in [1.165, 1.54) is 31.4 Å². The summed E-state index contributed by atoms with van der Waals surface area (Å²) in [5, 5.41) is 2.66. The number of methoxy groups -OCH3 is 1. The van der Waals surface area contributed by atoms with E-state index in [1.54, 1.807) is 12.1 Å². The molecule has 0 aromatic heterocycles. The maximum absolute atomic E-state index is 13.1. The lowest BCUT2D eigenvalue weighted by Crippen LogP contribution is -2.12. The lowest BCUT2D eigenvalue weighted by molar-refractivity contribution is 0.102. The third-order valence-corrected chi connectivity index (χ3v) is 3.28. The van der Waals surface area contributed by atoms with Crippen LogP contribution in [0.3, 0.4) is 0 Å². The summed E-state index contributed by atoms with van der Waals surface area (Å²) in [6, 6.07) is 8.97. The van der Waals surface area contributed by atoms with Crippen molar-refractivity contribution >= 4 is 33.2 Å². The molecule has 0 aliphatic heterocycles. The molecule has 0 saturated heterocycles. The van der Waals surface area contributed by atoms with E-state index in [9.17, 15) is 9.18 Å². The fraction of sp³-hybridized carbons (Fsp3) is 0.0714. The molecule has 0 atom stereocenters. The molecule has 0 aliphatic rings. The Balaban J connectivity index is 2.19. The monoisotopic (exact) mass is 338 g/mol. The van der Waals surface area contributed by atoms with Crippen LogP contribution >= 0.6 is 15.9 Å². The highest BCUT2D eigenvalue weighted by atomic mass is 79.9. The summed E-state index contributed by atoms with van der Waals surface area (Å²) in [4.78, 5) is 12.0. The van der Waals surface area contributed by atoms with Gasteiger partial charge in [-0.05, 0) is 52.3 Å². The van der Waals surface area contributed by atoms with Crippen molar-refractivity contribution in [2.45, 2.75) is 0 Å². The third-order valence-electron chi connectivity index (χ3n) is 2.67. The Morgan fingerprint density at radius 2 is 2.05 bits per heavy atom. The van der Waals surface area contributed by atoms with Crippen LogP contribution < -0.4 is 15.8 Å². The normalized spacial score (nSPS) is 10.2. The number of carbonyl (C=O) groups is 1. The first-order valence-electron chi connectivity index (χ1n) is 5.71. The van der Waals surface area contributed by atoms with Crippen molar-refractivity contribution in [2.75, 3.05) is 18.2 Å². The minimum Gasteiger partial charge on any atom is -0.495 e. The molecule has 20 heavy (non-hydrogen) atoms. The molecule has 104 valence electrons. The first-order chi connectivity index (χ1) is 9.51. The topological polar surface area (TPSA) is 64.3 Å². The average molecular weight is 339 g/mol. The lowest BCUT2D eigenvalue weighted by atomic mass is 10.1. The zero-order chi connectivity index (χ0) is 14.7. The Morgan fingerprint density at radius 1 is 1.30 bits per heavy atom. The molecule has 4 nitrogen and oxygen atoms in total. The van der Waals surface area contributed by atoms with E-state index in [0.717, 1.165) is 0 Å². The summed E-state index contributed by atoms with van der Waals surface area (Å²) < 4.78 is 18.4. The number of hydrogen-bond donors (Lipinski definition) is 2. The average Bonchev–Trinajstić information content (AvgIpc) is 2.42. The first-order valence-corrected chi connectivity index (χ1v) is 6.50. The number of ether oxygens (including phenoxy) is 1. The molecule has 0 bridgehead atoms. The van der Waals surface area contributed by atoms with Gasteiger partial charge in [0, 0.05) is 11.3 Å². The Bertz CT molecular complexity index is 662. The van der Waals surface area contributed by atoms with E-state index >= 15 is 0 Å². The predicted molar refractivity (Wildman–Crippen MR) is 79.5 cm³/mol. The van der Waals surface area contributed by atoms with Crippen LogP contribution in [0, 0.1) is 5.82 Å². The summed E-state index contributed by atoms with van der Waals surface area (Å²) in [7, 11) is 1.50. The molecule has 0 spiro atoms. The molecule has 2 aromatic rings. The Morgan fingerprint density at radius 3 is 2.65 bits per heavy atom. The minimum absolute atomic E-state index is 0.282. The van der Waals surface area contributed by atoms with Crippen LogP contribution in [0.15, 0.2) is 40.9 Å². The molecular weight excluding hydrogens is 327 g/mol. The number of amides is 1. The largest absolute Gasteiger partial charge is 0.495 e. The smallest absolute Gasteiger partial charge is 0.255 e. The van der Waals surface area contributed by atoms with Gasteiger partial charge in [0.25, 0.3) is 5.91 Å². The van der Waals surface area contributed by atoms with E-state index in [2.05, 4.69) is 21.2 Å². The number of hydrogen-bond acceptors (Lipinski definition) is 3. The van der Waals surface area contributed by atoms with Gasteiger partial charge in [-0.25, -0.2) is 4.39 Å². The molecule has 0 radical (unpaired) electrons. The fourth-order valence-electron chi connectivity index (χ4n) is 1.65. The Labute approximate surface area is 123 Å². The highest BCUT2D eigenvalue weighted by Gasteiger charge is 2.10. The maximum atomic E-state index is 13.1. The van der Waals surface area contributed by atoms with Crippen LogP contribution in [-0.2, 0) is 0 Å². The van der Waals surface area contributed by atoms with Crippen molar-refractivity contribution in [1.82, 2.24) is 0 Å². The van der Waals surface area contributed by atoms with Crippen molar-refractivity contribution in [2.24, 2.45) is 0 Å². The van der Waals surface area contributed by atoms with Gasteiger partial charge in [-0.2, -0.15) is 0 Å². The molecule has 3 N–H and O–H groups in total. The van der Waals surface area contributed by atoms with Crippen molar-refractivity contribution < 1.29 is 13.9 Å². The zero-order valence-electron chi connectivity index (χ0n) is 10.6. The Kier molecular flexibility index (Phi) is 4.24. The van der Waals surface area contributed by atoms with Gasteiger partial charge in [0.15, 0.2) is 0 Å². The van der Waals surface area contributed by atoms with Gasteiger partial charge in [-0.15, -0.1) is 0 Å². The lowest BCUT2D eigenvalue weighted by Gasteiger charge is -2.08. The maximum Gasteiger partial charge on any atom is 0.255 e. The van der Waals surface area contributed by atoms with Crippen molar-refractivity contribution in [3.63, 3.8) is 0 Å². The number of rotatable bonds is 3. The molecule has 0 fully saturated rings. The molecule has 2 rings (SSSR count). The molecule has 0 aliphatic carbocycles. The number of benzene rings is 2. The second-order valence-corrected chi connectivity index (χ2v) is 4.89. The summed E-state index contributed by atoms with van der Waals surface area (Å²) in [5.41, 5.74) is 7.00. The quantitative estimate of drug-likeness (QED) is 0.842. The molecule has 0 unspecified atom stereocenters. The SMILES string of the molecule is COc1ccc(C(=O)Nc2ccc(F)c(Br)c2)cc1N. The van der Waals surface area contributed by atoms with Crippen LogP contribution in [0.5, 0.6) is 5.75 Å². The van der Waals surface area contributed by atoms with Gasteiger partial charge >= 0.3 is 0 Å². The molecule has 6 heteroatoms. The number of carbonyl (C=O) groups excluding carboxylic acids is 1. The number of nitrogens with one attached hydrogen (secondary N) is 1. The van der Waals surface area contributed by atoms with Gasteiger partial charge in [0.05, 0.1) is 17.3 Å². The van der Waals surface area contributed by atoms with E-state index in [4.69, 9.17) is 10.5 Å². The molecule has 0 saturated carbocycles. The summed E-state index contributed by atoms with van der Waals surface area (Å²) in [6.07, 6.45) is 0. The van der Waals surface area contributed by atoms with Crippen molar-refractivity contribution in [1.29, 1.82) is 0 Å². The van der Waals surface area contributed by atoms with Gasteiger partial charge in [0.2, 0.25) is 0 Å². The predicted octanol–water partition coefficient (Wildman–Crippen LogP) is 3.43. The van der Waals surface area contributed by atoms with Gasteiger partial charge < -0.3 is 15.8 Å². The van der Waals surface area contributed by atoms with Crippen LogP contribution in [0.2, 0.25) is 0 Å². The van der Waals surface area contributed by atoms with Crippen molar-refractivity contribution in [3.8, 4) is 5.75 Å². The van der Waals surface area contributed by atoms with Crippen molar-refractivity contribution in [3.05, 3.63) is 52.3 Å². The Hall–Kier alpha value is -2.08. The van der Waals surface area contributed by atoms with Crippen LogP contribution in [0.1, 0.15) is 10.4 Å². The van der Waals surface area contributed by atoms with Gasteiger partial charge in [0.1, 0.15) is 11.6 Å². The van der Waals surface area contributed by atoms with E-state index in [-0.39, 0.29) is 10.4 Å². The van der Waals surface area contributed by atoms with Crippen LogP contribution in [0.25, 0.3) is 0 Å². The standard InChI is InChI=1S/C14H12BrFN2O2/c1-20-13-5-2-8(6-12(13)17)14(19)18-9-3-4-11(16)10(15)7-9/h2-7H,17H2,1H3,(H,18,19). The number of nitrogen functional groups attached to an aromatic ring is 1. The molecule has 0 heterocycles. The number of halogens is 2. The molecule has 2 aromatic carbocycles. The second-order valence-electron chi connectivity index (χ2n) is 4.04. The highest BCUT2D eigenvalue weighted by molar-refractivity contribution is 9.10. The summed E-state index contributed by atoms with van der Waals surface area (Å²) >= 11 is 3.06. The van der Waals surface area contributed by atoms with Crippen LogP contribution in [0.4, 0.5) is 15.8 Å². The first kappa shape index (κ1) is 14.3. The number of nitrogens with two attached hydrogens (primary N) is 1. The highest BCUT2D eigenvalue weighted by Crippen LogP contribution is 2.23. The van der Waals surface area contributed by atoms with Gasteiger partial charge in [-0.3, -0.25) is 4.79 Å². The fourth-order valence-corrected chi connectivity index (χ4v) is 2.03. The summed E-state index contributed by atoms with van der Waals surface area (Å²) in [6.45, 7) is 0. The molecule has 1 amide bonds. The van der Waals surface area contributed by atoms with E-state index in [0.29, 0.717) is 22.7 Å². The second kappa shape index (κ2) is 5.92. The third kappa shape index (κ3) is 3.08. The zero-order valence-corrected chi connectivity index (χ0v) is 12.2. The minimum atomic E-state index is -0.392.